The number of carbonyl (C=O) groups excluding carboxylic acids is 1. The molecule has 0 bridgehead atoms. The highest BCUT2D eigenvalue weighted by Crippen LogP contribution is 2.23. The molecule has 0 aliphatic rings. The van der Waals surface area contributed by atoms with Crippen LogP contribution in [0.5, 0.6) is 0 Å². The van der Waals surface area contributed by atoms with Gasteiger partial charge in [0.15, 0.2) is 0 Å². The summed E-state index contributed by atoms with van der Waals surface area (Å²) in [6.07, 6.45) is 1.42. The maximum atomic E-state index is 12.0. The third kappa shape index (κ3) is 3.43. The molecule has 0 N–H and O–H groups in total. The lowest BCUT2D eigenvalue weighted by atomic mass is 10.2. The predicted molar refractivity (Wildman–Crippen MR) is 74.9 cm³/mol. The molecule has 0 atom stereocenters. The maximum absolute atomic E-state index is 12.0. The lowest BCUT2D eigenvalue weighted by molar-refractivity contribution is 0.0466. The number of hydrogen-bond acceptors (Lipinski definition) is 5. The average molecular weight is 312 g/mol. The molecule has 2 aromatic rings. The molecule has 0 spiro atoms. The zero-order valence-electron chi connectivity index (χ0n) is 10.9. The van der Waals surface area contributed by atoms with Crippen LogP contribution in [0.3, 0.4) is 0 Å². The van der Waals surface area contributed by atoms with E-state index in [0.717, 1.165) is 5.69 Å². The summed E-state index contributed by atoms with van der Waals surface area (Å²) in [5.74, 6) is -0.523. The van der Waals surface area contributed by atoms with Gasteiger partial charge in [0.2, 0.25) is 0 Å². The predicted octanol–water partition coefficient (Wildman–Crippen LogP) is 3.15. The van der Waals surface area contributed by atoms with E-state index >= 15 is 0 Å². The van der Waals surface area contributed by atoms with Crippen LogP contribution in [-0.4, -0.2) is 20.9 Å². The Labute approximate surface area is 125 Å². The lowest BCUT2D eigenvalue weighted by Gasteiger charge is -2.07. The summed E-state index contributed by atoms with van der Waals surface area (Å²) < 4.78 is 5.17. The van der Waals surface area contributed by atoms with E-state index in [4.69, 9.17) is 27.9 Å². The summed E-state index contributed by atoms with van der Waals surface area (Å²) in [5.41, 5.74) is 2.17. The van der Waals surface area contributed by atoms with Gasteiger partial charge in [-0.25, -0.2) is 19.7 Å². The van der Waals surface area contributed by atoms with E-state index in [0.29, 0.717) is 11.4 Å². The minimum absolute atomic E-state index is 0.0574. The zero-order chi connectivity index (χ0) is 14.7. The van der Waals surface area contributed by atoms with E-state index in [2.05, 4.69) is 15.0 Å². The topological polar surface area (TPSA) is 65.0 Å². The molecule has 0 saturated carbocycles. The number of halogens is 2. The Bertz CT molecular complexity index is 662. The number of rotatable bonds is 3. The molecule has 0 saturated heterocycles. The van der Waals surface area contributed by atoms with Crippen molar-refractivity contribution in [2.24, 2.45) is 0 Å². The van der Waals surface area contributed by atoms with Gasteiger partial charge in [-0.3, -0.25) is 0 Å². The smallest absolute Gasteiger partial charge is 0.340 e. The molecule has 5 nitrogen and oxygen atoms in total. The Kier molecular flexibility index (Phi) is 4.52. The molecular weight excluding hydrogens is 301 g/mol. The fourth-order valence-electron chi connectivity index (χ4n) is 1.56. The second kappa shape index (κ2) is 6.15. The minimum Gasteiger partial charge on any atom is -0.456 e. The molecule has 2 heterocycles. The van der Waals surface area contributed by atoms with Crippen molar-refractivity contribution in [3.63, 3.8) is 0 Å². The first-order valence-electron chi connectivity index (χ1n) is 5.74. The van der Waals surface area contributed by atoms with Crippen molar-refractivity contribution >= 4 is 29.2 Å². The number of carbonyl (C=O) groups is 1. The van der Waals surface area contributed by atoms with Crippen LogP contribution in [0.4, 0.5) is 0 Å². The average Bonchev–Trinajstić information content (AvgIpc) is 2.40. The Morgan fingerprint density at radius 1 is 1.25 bits per heavy atom. The molecule has 0 radical (unpaired) electrons. The maximum Gasteiger partial charge on any atom is 0.340 e. The molecule has 0 aliphatic carbocycles. The Morgan fingerprint density at radius 2 is 2.00 bits per heavy atom. The van der Waals surface area contributed by atoms with E-state index in [1.807, 2.05) is 6.92 Å². The van der Waals surface area contributed by atoms with E-state index in [9.17, 15) is 4.79 Å². The number of nitrogens with zero attached hydrogens (tertiary/aromatic N) is 3. The van der Waals surface area contributed by atoms with Crippen LogP contribution < -0.4 is 0 Å². The molecule has 0 fully saturated rings. The minimum atomic E-state index is -0.523. The summed E-state index contributed by atoms with van der Waals surface area (Å²) in [5, 5.41) is 0.370. The molecule has 20 heavy (non-hydrogen) atoms. The van der Waals surface area contributed by atoms with Gasteiger partial charge >= 0.3 is 5.97 Å². The van der Waals surface area contributed by atoms with Crippen LogP contribution in [0.2, 0.25) is 10.2 Å². The quantitative estimate of drug-likeness (QED) is 0.643. The van der Waals surface area contributed by atoms with Gasteiger partial charge in [0.05, 0.1) is 22.0 Å². The fourth-order valence-corrected chi connectivity index (χ4v) is 1.90. The Morgan fingerprint density at radius 3 is 2.70 bits per heavy atom. The Hall–Kier alpha value is -1.72. The first kappa shape index (κ1) is 14.7. The van der Waals surface area contributed by atoms with Crippen molar-refractivity contribution < 1.29 is 9.53 Å². The van der Waals surface area contributed by atoms with Crippen molar-refractivity contribution in [3.8, 4) is 0 Å². The molecule has 104 valence electrons. The summed E-state index contributed by atoms with van der Waals surface area (Å²) in [6.45, 7) is 3.55. The van der Waals surface area contributed by atoms with Gasteiger partial charge in [-0.15, -0.1) is 0 Å². The zero-order valence-corrected chi connectivity index (χ0v) is 12.4. The highest BCUT2D eigenvalue weighted by atomic mass is 35.5. The number of ether oxygens (including phenoxy) is 1. The molecule has 0 unspecified atom stereocenters. The van der Waals surface area contributed by atoms with Gasteiger partial charge in [-0.1, -0.05) is 23.2 Å². The highest BCUT2D eigenvalue weighted by molar-refractivity contribution is 6.41. The normalized spacial score (nSPS) is 10.4. The SMILES string of the molecule is Cc1cc(COC(=O)c2cc(Cl)c(Cl)nc2C)ncn1. The first-order chi connectivity index (χ1) is 9.47. The van der Waals surface area contributed by atoms with Crippen LogP contribution in [-0.2, 0) is 11.3 Å². The second-order valence-electron chi connectivity index (χ2n) is 4.12. The van der Waals surface area contributed by atoms with Crippen molar-refractivity contribution in [2.75, 3.05) is 0 Å². The number of aryl methyl sites for hydroxylation is 2. The van der Waals surface area contributed by atoms with E-state index < -0.39 is 5.97 Å². The third-order valence-electron chi connectivity index (χ3n) is 2.56. The van der Waals surface area contributed by atoms with Gasteiger partial charge in [0.25, 0.3) is 0 Å². The largest absolute Gasteiger partial charge is 0.456 e. The van der Waals surface area contributed by atoms with Crippen molar-refractivity contribution in [2.45, 2.75) is 20.5 Å². The Balaban J connectivity index is 2.11. The van der Waals surface area contributed by atoms with E-state index in [1.165, 1.54) is 12.4 Å². The van der Waals surface area contributed by atoms with Crippen LogP contribution in [0, 0.1) is 13.8 Å². The second-order valence-corrected chi connectivity index (χ2v) is 4.89. The highest BCUT2D eigenvalue weighted by Gasteiger charge is 2.15. The summed E-state index contributed by atoms with van der Waals surface area (Å²) >= 11 is 11.6. The molecule has 2 aromatic heterocycles. The van der Waals surface area contributed by atoms with E-state index in [1.54, 1.807) is 13.0 Å². The fraction of sp³-hybridized carbons (Fsp3) is 0.231. The van der Waals surface area contributed by atoms with Crippen molar-refractivity contribution in [3.05, 3.63) is 51.3 Å². The van der Waals surface area contributed by atoms with E-state index in [-0.39, 0.29) is 22.3 Å². The molecule has 0 aliphatic heterocycles. The molecule has 2 rings (SSSR count). The summed E-state index contributed by atoms with van der Waals surface area (Å²) in [4.78, 5) is 23.9. The van der Waals surface area contributed by atoms with Gasteiger partial charge in [-0.2, -0.15) is 0 Å². The number of hydrogen-bond donors (Lipinski definition) is 0. The van der Waals surface area contributed by atoms with Gasteiger partial charge in [-0.05, 0) is 26.0 Å². The first-order valence-corrected chi connectivity index (χ1v) is 6.50. The van der Waals surface area contributed by atoms with Crippen LogP contribution in [0.1, 0.15) is 27.4 Å². The van der Waals surface area contributed by atoms with Crippen molar-refractivity contribution in [1.29, 1.82) is 0 Å². The summed E-state index contributed by atoms with van der Waals surface area (Å²) in [6, 6.07) is 3.19. The van der Waals surface area contributed by atoms with Gasteiger partial charge in [0, 0.05) is 5.69 Å². The lowest BCUT2D eigenvalue weighted by Crippen LogP contribution is -2.09. The van der Waals surface area contributed by atoms with Crippen molar-refractivity contribution in [1.82, 2.24) is 15.0 Å². The number of aromatic nitrogens is 3. The van der Waals surface area contributed by atoms with Gasteiger partial charge in [0.1, 0.15) is 18.1 Å². The molecular formula is C13H11Cl2N3O2. The third-order valence-corrected chi connectivity index (χ3v) is 3.23. The standard InChI is InChI=1S/C13H11Cl2N3O2/c1-7-3-9(17-6-16-7)5-20-13(19)10-4-11(14)12(15)18-8(10)2/h3-4,6H,5H2,1-2H3. The number of pyridine rings is 1. The monoisotopic (exact) mass is 311 g/mol. The molecule has 0 aromatic carbocycles. The molecule has 7 heteroatoms. The number of esters is 1. The van der Waals surface area contributed by atoms with Crippen LogP contribution >= 0.6 is 23.2 Å². The van der Waals surface area contributed by atoms with Gasteiger partial charge < -0.3 is 4.74 Å². The summed E-state index contributed by atoms with van der Waals surface area (Å²) in [7, 11) is 0. The molecule has 0 amide bonds. The van der Waals surface area contributed by atoms with Crippen LogP contribution in [0.15, 0.2) is 18.5 Å². The van der Waals surface area contributed by atoms with Crippen LogP contribution in [0.25, 0.3) is 0 Å².